The summed E-state index contributed by atoms with van der Waals surface area (Å²) in [6.45, 7) is 5.97. The number of pyridine rings is 1. The normalized spacial score (nSPS) is 24.5. The quantitative estimate of drug-likeness (QED) is 0.398. The summed E-state index contributed by atoms with van der Waals surface area (Å²) >= 11 is 3.56. The van der Waals surface area contributed by atoms with Crippen LogP contribution in [0.4, 0.5) is 5.95 Å². The Labute approximate surface area is 217 Å². The van der Waals surface area contributed by atoms with Gasteiger partial charge in [0.05, 0.1) is 16.6 Å². The zero-order valence-electron chi connectivity index (χ0n) is 20.4. The van der Waals surface area contributed by atoms with Crippen LogP contribution in [0.5, 0.6) is 0 Å². The van der Waals surface area contributed by atoms with Gasteiger partial charge in [-0.1, -0.05) is 6.07 Å². The van der Waals surface area contributed by atoms with Crippen molar-refractivity contribution >= 4 is 49.7 Å². The largest absolute Gasteiger partial charge is 0.351 e. The molecule has 36 heavy (non-hydrogen) atoms. The van der Waals surface area contributed by atoms with Crippen LogP contribution in [-0.4, -0.2) is 66.8 Å². The second-order valence-electron chi connectivity index (χ2n) is 9.97. The van der Waals surface area contributed by atoms with Crippen LogP contribution in [0.2, 0.25) is 0 Å². The summed E-state index contributed by atoms with van der Waals surface area (Å²) in [5, 5.41) is 13.4. The van der Waals surface area contributed by atoms with Crippen molar-refractivity contribution in [2.45, 2.75) is 51.2 Å². The smallest absolute Gasteiger partial charge is 0.226 e. The number of carbonyl (C=O) groups excluding carboxylic acids is 1. The van der Waals surface area contributed by atoms with Crippen LogP contribution in [-0.2, 0) is 4.79 Å². The Morgan fingerprint density at radius 3 is 2.81 bits per heavy atom. The highest BCUT2D eigenvalue weighted by atomic mass is 79.9. The summed E-state index contributed by atoms with van der Waals surface area (Å²) in [6.07, 6.45) is 6.19. The van der Waals surface area contributed by atoms with Crippen LogP contribution in [0.25, 0.3) is 27.6 Å². The molecule has 2 aliphatic rings. The summed E-state index contributed by atoms with van der Waals surface area (Å²) < 4.78 is 2.52. The third kappa shape index (κ3) is 4.22. The van der Waals surface area contributed by atoms with Crippen molar-refractivity contribution in [2.75, 3.05) is 18.4 Å². The lowest BCUT2D eigenvalue weighted by Gasteiger charge is -2.41. The van der Waals surface area contributed by atoms with Gasteiger partial charge in [0.1, 0.15) is 4.60 Å². The molecule has 2 fully saturated rings. The lowest BCUT2D eigenvalue weighted by Crippen LogP contribution is -2.58. The predicted octanol–water partition coefficient (Wildman–Crippen LogP) is 3.92. The molecule has 9 nitrogen and oxygen atoms in total. The highest BCUT2D eigenvalue weighted by Gasteiger charge is 2.37. The Morgan fingerprint density at radius 2 is 1.97 bits per heavy atom. The van der Waals surface area contributed by atoms with E-state index in [0.29, 0.717) is 10.6 Å². The Bertz CT molecular complexity index is 1430. The summed E-state index contributed by atoms with van der Waals surface area (Å²) in [6, 6.07) is 10.6. The first-order valence-electron chi connectivity index (χ1n) is 12.5. The number of fused-ring (bicyclic) bond motifs is 2. The predicted molar refractivity (Wildman–Crippen MR) is 143 cm³/mol. The van der Waals surface area contributed by atoms with Crippen LogP contribution in [0.3, 0.4) is 0 Å². The average molecular weight is 549 g/mol. The van der Waals surface area contributed by atoms with Crippen LogP contribution >= 0.6 is 15.9 Å². The fourth-order valence-electron chi connectivity index (χ4n) is 5.61. The van der Waals surface area contributed by atoms with E-state index in [-0.39, 0.29) is 30.0 Å². The molecule has 1 saturated carbocycles. The van der Waals surface area contributed by atoms with Crippen LogP contribution in [0, 0.1) is 5.92 Å². The molecule has 0 radical (unpaired) electrons. The number of carbonyl (C=O) groups is 1. The van der Waals surface area contributed by atoms with Crippen molar-refractivity contribution in [1.29, 1.82) is 0 Å². The molecule has 0 spiro atoms. The maximum Gasteiger partial charge on any atom is 0.226 e. The molecular weight excluding hydrogens is 520 g/mol. The Kier molecular flexibility index (Phi) is 6.08. The van der Waals surface area contributed by atoms with Gasteiger partial charge in [0.2, 0.25) is 11.9 Å². The van der Waals surface area contributed by atoms with Gasteiger partial charge in [-0.15, -0.1) is 0 Å². The number of hydrogen-bond donors (Lipinski definition) is 2. The topological polar surface area (TPSA) is 101 Å². The maximum absolute atomic E-state index is 13.3. The van der Waals surface area contributed by atoms with Gasteiger partial charge in [0, 0.05) is 54.9 Å². The van der Waals surface area contributed by atoms with E-state index in [9.17, 15) is 4.79 Å². The molecule has 1 amide bonds. The van der Waals surface area contributed by atoms with E-state index in [1.165, 1.54) is 0 Å². The highest BCUT2D eigenvalue weighted by Crippen LogP contribution is 2.32. The minimum absolute atomic E-state index is 0.0418. The van der Waals surface area contributed by atoms with Crippen LogP contribution in [0.15, 0.2) is 47.3 Å². The molecule has 10 heteroatoms. The third-order valence-electron chi connectivity index (χ3n) is 7.41. The van der Waals surface area contributed by atoms with Crippen LogP contribution in [0.1, 0.15) is 33.1 Å². The molecule has 4 aromatic rings. The Hall–Kier alpha value is -3.11. The van der Waals surface area contributed by atoms with Crippen molar-refractivity contribution < 1.29 is 4.79 Å². The molecule has 6 rings (SSSR count). The average Bonchev–Trinajstić information content (AvgIpc) is 3.48. The summed E-state index contributed by atoms with van der Waals surface area (Å²) in [5.41, 5.74) is 2.56. The van der Waals surface area contributed by atoms with Gasteiger partial charge in [0.15, 0.2) is 5.65 Å². The fraction of sp³-hybridized carbons (Fsp3) is 0.423. The molecule has 0 bridgehead atoms. The van der Waals surface area contributed by atoms with Gasteiger partial charge >= 0.3 is 0 Å². The van der Waals surface area contributed by atoms with Gasteiger partial charge in [-0.2, -0.15) is 10.1 Å². The van der Waals surface area contributed by atoms with Gasteiger partial charge in [-0.05, 0) is 73.3 Å². The number of amides is 1. The number of halogens is 1. The van der Waals surface area contributed by atoms with Crippen molar-refractivity contribution in [2.24, 2.45) is 5.92 Å². The second kappa shape index (κ2) is 9.40. The molecule has 1 saturated heterocycles. The number of benzene rings is 1. The molecule has 1 aromatic carbocycles. The molecular formula is C26H29BrN8O. The number of rotatable bonds is 4. The van der Waals surface area contributed by atoms with Crippen molar-refractivity contribution in [3.63, 3.8) is 0 Å². The zero-order chi connectivity index (χ0) is 24.8. The Balaban J connectivity index is 1.22. The molecule has 186 valence electrons. The SMILES string of the molecule is C[C@@H]1CNC[C@H](C)N1C(=O)[C@@H]1CC[C@@H](Nc2ncc3c(Br)nn(-c4ccc5ncccc5c4)c3n2)C1. The van der Waals surface area contributed by atoms with Crippen LogP contribution < -0.4 is 10.6 Å². The number of anilines is 1. The lowest BCUT2D eigenvalue weighted by atomic mass is 10.0. The minimum atomic E-state index is 0.0418. The van der Waals surface area contributed by atoms with E-state index < -0.39 is 0 Å². The third-order valence-corrected chi connectivity index (χ3v) is 8.00. The fourth-order valence-corrected chi connectivity index (χ4v) is 6.05. The minimum Gasteiger partial charge on any atom is -0.351 e. The van der Waals surface area contributed by atoms with Gasteiger partial charge < -0.3 is 15.5 Å². The van der Waals surface area contributed by atoms with E-state index in [2.05, 4.69) is 66.4 Å². The van der Waals surface area contributed by atoms with Gasteiger partial charge in [-0.3, -0.25) is 9.78 Å². The summed E-state index contributed by atoms with van der Waals surface area (Å²) in [4.78, 5) is 29.2. The molecule has 4 atom stereocenters. The molecule has 2 N–H and O–H groups in total. The number of piperazine rings is 1. The zero-order valence-corrected chi connectivity index (χ0v) is 21.9. The molecule has 1 aliphatic carbocycles. The molecule has 4 heterocycles. The van der Waals surface area contributed by atoms with E-state index in [1.54, 1.807) is 12.4 Å². The summed E-state index contributed by atoms with van der Waals surface area (Å²) in [7, 11) is 0. The van der Waals surface area contributed by atoms with E-state index in [0.717, 1.165) is 60.0 Å². The van der Waals surface area contributed by atoms with Crippen molar-refractivity contribution in [1.82, 2.24) is 34.9 Å². The van der Waals surface area contributed by atoms with Crippen molar-refractivity contribution in [3.8, 4) is 5.69 Å². The molecule has 0 unspecified atom stereocenters. The maximum atomic E-state index is 13.3. The van der Waals surface area contributed by atoms with Gasteiger partial charge in [0.25, 0.3) is 0 Å². The number of nitrogens with zero attached hydrogens (tertiary/aromatic N) is 6. The number of aromatic nitrogens is 5. The number of nitrogens with one attached hydrogen (secondary N) is 2. The lowest BCUT2D eigenvalue weighted by molar-refractivity contribution is -0.140. The van der Waals surface area contributed by atoms with E-state index in [1.807, 2.05) is 28.9 Å². The molecule has 1 aliphatic heterocycles. The second-order valence-corrected chi connectivity index (χ2v) is 10.7. The monoisotopic (exact) mass is 548 g/mol. The standard InChI is InChI=1S/C26H29BrN8O/c1-15-12-28-13-16(2)34(15)25(36)18-5-6-19(10-18)31-26-30-14-21-23(27)33-35(24(21)32-26)20-7-8-22-17(11-20)4-3-9-29-22/h3-4,7-9,11,14-16,18-19,28H,5-6,10,12-13H2,1-2H3,(H,30,31,32)/t15-,16+,18-,19-/m1/s1. The highest BCUT2D eigenvalue weighted by molar-refractivity contribution is 9.10. The first kappa shape index (κ1) is 23.3. The number of hydrogen-bond acceptors (Lipinski definition) is 7. The van der Waals surface area contributed by atoms with E-state index >= 15 is 0 Å². The Morgan fingerprint density at radius 1 is 1.14 bits per heavy atom. The molecule has 3 aromatic heterocycles. The summed E-state index contributed by atoms with van der Waals surface area (Å²) in [5.74, 6) is 0.880. The van der Waals surface area contributed by atoms with Crippen molar-refractivity contribution in [3.05, 3.63) is 47.3 Å². The van der Waals surface area contributed by atoms with Gasteiger partial charge in [-0.25, -0.2) is 9.67 Å². The first-order chi connectivity index (χ1) is 17.5. The van der Waals surface area contributed by atoms with E-state index in [4.69, 9.17) is 4.98 Å². The first-order valence-corrected chi connectivity index (χ1v) is 13.3.